The Morgan fingerprint density at radius 1 is 1.09 bits per heavy atom. The topological polar surface area (TPSA) is 58.4 Å². The van der Waals surface area contributed by atoms with Gasteiger partial charge in [-0.25, -0.2) is 4.98 Å². The Hall–Kier alpha value is -2.63. The third kappa shape index (κ3) is 6.24. The molecule has 1 N–H and O–H groups in total. The van der Waals surface area contributed by atoms with Crippen LogP contribution in [0.15, 0.2) is 52.9 Å². The number of halogens is 1. The minimum absolute atomic E-state index is 0.0810. The highest BCUT2D eigenvalue weighted by atomic mass is 35.5. The second kappa shape index (κ2) is 11.0. The maximum atomic E-state index is 12.6. The molecule has 0 saturated carbocycles. The zero-order valence-corrected chi connectivity index (χ0v) is 20.2. The molecule has 0 aliphatic carbocycles. The predicted octanol–water partition coefficient (Wildman–Crippen LogP) is 5.44. The fraction of sp³-hybridized carbons (Fsp3) is 0.407. The molecule has 0 radical (unpaired) electrons. The summed E-state index contributed by atoms with van der Waals surface area (Å²) in [5, 5.41) is 3.83. The first-order valence-electron chi connectivity index (χ1n) is 11.8. The third-order valence-corrected chi connectivity index (χ3v) is 6.71. The van der Waals surface area contributed by atoms with Crippen LogP contribution in [0.4, 0.5) is 0 Å². The summed E-state index contributed by atoms with van der Waals surface area (Å²) in [6.45, 7) is 7.32. The molecule has 0 unspecified atom stereocenters. The van der Waals surface area contributed by atoms with E-state index in [4.69, 9.17) is 21.0 Å². The number of benzene rings is 2. The van der Waals surface area contributed by atoms with Crippen molar-refractivity contribution in [2.45, 2.75) is 46.1 Å². The van der Waals surface area contributed by atoms with Crippen molar-refractivity contribution < 1.29 is 9.21 Å². The number of likely N-dealkylation sites (tertiary alicyclic amines) is 1. The maximum absolute atomic E-state index is 12.6. The van der Waals surface area contributed by atoms with Gasteiger partial charge in [0.2, 0.25) is 11.8 Å². The van der Waals surface area contributed by atoms with Crippen molar-refractivity contribution in [2.24, 2.45) is 5.92 Å². The summed E-state index contributed by atoms with van der Waals surface area (Å²) in [6, 6.07) is 16.2. The Kier molecular flexibility index (Phi) is 7.84. The van der Waals surface area contributed by atoms with Gasteiger partial charge in [0, 0.05) is 29.6 Å². The van der Waals surface area contributed by atoms with Gasteiger partial charge in [0.05, 0.1) is 5.69 Å². The van der Waals surface area contributed by atoms with Crippen LogP contribution < -0.4 is 5.32 Å². The quantitative estimate of drug-likeness (QED) is 0.481. The van der Waals surface area contributed by atoms with Crippen LogP contribution in [0, 0.1) is 12.8 Å². The van der Waals surface area contributed by atoms with Crippen LogP contribution in [0.5, 0.6) is 0 Å². The third-order valence-electron chi connectivity index (χ3n) is 6.46. The summed E-state index contributed by atoms with van der Waals surface area (Å²) in [4.78, 5) is 19.7. The van der Waals surface area contributed by atoms with E-state index < -0.39 is 0 Å². The first kappa shape index (κ1) is 23.5. The molecule has 1 aliphatic rings. The Morgan fingerprint density at radius 2 is 1.76 bits per heavy atom. The molecule has 2 aromatic carbocycles. The number of rotatable bonds is 8. The van der Waals surface area contributed by atoms with Gasteiger partial charge in [-0.1, -0.05) is 42.8 Å². The normalized spacial score (nSPS) is 15.0. The minimum Gasteiger partial charge on any atom is -0.441 e. The van der Waals surface area contributed by atoms with E-state index in [9.17, 15) is 4.79 Å². The molecule has 0 atom stereocenters. The van der Waals surface area contributed by atoms with Crippen molar-refractivity contribution >= 4 is 17.5 Å². The van der Waals surface area contributed by atoms with Gasteiger partial charge in [0.1, 0.15) is 5.76 Å². The minimum atomic E-state index is 0.0810. The number of piperidine rings is 1. The maximum Gasteiger partial charge on any atom is 0.226 e. The van der Waals surface area contributed by atoms with Crippen molar-refractivity contribution in [3.63, 3.8) is 0 Å². The molecule has 174 valence electrons. The van der Waals surface area contributed by atoms with Crippen molar-refractivity contribution in [3.05, 3.63) is 76.1 Å². The van der Waals surface area contributed by atoms with Crippen molar-refractivity contribution in [2.75, 3.05) is 19.6 Å². The number of hydrogen-bond donors (Lipinski definition) is 1. The van der Waals surface area contributed by atoms with Crippen LogP contribution in [-0.4, -0.2) is 35.4 Å². The molecule has 4 rings (SSSR count). The molecule has 33 heavy (non-hydrogen) atoms. The fourth-order valence-electron chi connectivity index (χ4n) is 4.27. The zero-order valence-electron chi connectivity index (χ0n) is 19.4. The highest BCUT2D eigenvalue weighted by molar-refractivity contribution is 6.30. The number of nitrogens with zero attached hydrogens (tertiary/aromatic N) is 2. The number of nitrogens with one attached hydrogen (secondary N) is 1. The van der Waals surface area contributed by atoms with E-state index in [-0.39, 0.29) is 11.8 Å². The van der Waals surface area contributed by atoms with Crippen LogP contribution in [0.2, 0.25) is 5.02 Å². The molecule has 3 aromatic rings. The second-order valence-corrected chi connectivity index (χ2v) is 9.23. The second-order valence-electron chi connectivity index (χ2n) is 8.79. The van der Waals surface area contributed by atoms with Crippen LogP contribution in [-0.2, 0) is 24.2 Å². The lowest BCUT2D eigenvalue weighted by molar-refractivity contribution is -0.126. The molecule has 1 saturated heterocycles. The van der Waals surface area contributed by atoms with E-state index in [1.165, 1.54) is 11.1 Å². The highest BCUT2D eigenvalue weighted by Gasteiger charge is 2.26. The molecule has 5 nitrogen and oxygen atoms in total. The molecular formula is C27H32ClN3O2. The molecule has 6 heteroatoms. The standard InChI is InChI=1S/C27H32ClN3O2/c1-3-20-4-8-23(9-5-20)27-30-25(19(2)33-27)18-31-16-13-22(14-17-31)26(32)29-15-12-21-6-10-24(28)11-7-21/h4-11,22H,3,12-18H2,1-2H3,(H,29,32). The van der Waals surface area contributed by atoms with Gasteiger partial charge in [0.15, 0.2) is 0 Å². The van der Waals surface area contributed by atoms with Gasteiger partial charge >= 0.3 is 0 Å². The monoisotopic (exact) mass is 465 g/mol. The number of amides is 1. The van der Waals surface area contributed by atoms with E-state index >= 15 is 0 Å². The SMILES string of the molecule is CCc1ccc(-c2nc(CN3CCC(C(=O)NCCc4ccc(Cl)cc4)CC3)c(C)o2)cc1. The lowest BCUT2D eigenvalue weighted by atomic mass is 9.95. The summed E-state index contributed by atoms with van der Waals surface area (Å²) in [5.74, 6) is 1.79. The van der Waals surface area contributed by atoms with E-state index in [1.54, 1.807) is 0 Å². The van der Waals surface area contributed by atoms with Crippen molar-refractivity contribution in [1.29, 1.82) is 0 Å². The van der Waals surface area contributed by atoms with Crippen LogP contribution >= 0.6 is 11.6 Å². The fourth-order valence-corrected chi connectivity index (χ4v) is 4.40. The lowest BCUT2D eigenvalue weighted by Crippen LogP contribution is -2.40. The molecule has 1 aromatic heterocycles. The van der Waals surface area contributed by atoms with Crippen molar-refractivity contribution in [3.8, 4) is 11.5 Å². The molecule has 1 aliphatic heterocycles. The van der Waals surface area contributed by atoms with E-state index in [0.29, 0.717) is 12.4 Å². The lowest BCUT2D eigenvalue weighted by Gasteiger charge is -2.30. The molecule has 1 amide bonds. The average molecular weight is 466 g/mol. The first-order chi connectivity index (χ1) is 16.0. The Bertz CT molecular complexity index is 1050. The number of oxazole rings is 1. The summed E-state index contributed by atoms with van der Waals surface area (Å²) in [7, 11) is 0. The van der Waals surface area contributed by atoms with E-state index in [0.717, 1.165) is 67.4 Å². The van der Waals surface area contributed by atoms with Crippen molar-refractivity contribution in [1.82, 2.24) is 15.2 Å². The average Bonchev–Trinajstić information content (AvgIpc) is 3.20. The van der Waals surface area contributed by atoms with Gasteiger partial charge in [-0.05, 0) is 81.1 Å². The molecule has 0 spiro atoms. The van der Waals surface area contributed by atoms with Gasteiger partial charge in [-0.2, -0.15) is 0 Å². The van der Waals surface area contributed by atoms with Crippen LogP contribution in [0.3, 0.4) is 0 Å². The van der Waals surface area contributed by atoms with E-state index in [2.05, 4.69) is 41.4 Å². The van der Waals surface area contributed by atoms with Gasteiger partial charge in [-0.3, -0.25) is 9.69 Å². The number of aromatic nitrogens is 1. The van der Waals surface area contributed by atoms with E-state index in [1.807, 2.05) is 31.2 Å². The van der Waals surface area contributed by atoms with Crippen LogP contribution in [0.25, 0.3) is 11.5 Å². The largest absolute Gasteiger partial charge is 0.441 e. The Labute approximate surface area is 201 Å². The summed E-state index contributed by atoms with van der Waals surface area (Å²) in [5.41, 5.74) is 4.48. The predicted molar refractivity (Wildman–Crippen MR) is 132 cm³/mol. The Morgan fingerprint density at radius 3 is 2.42 bits per heavy atom. The van der Waals surface area contributed by atoms with Gasteiger partial charge in [0.25, 0.3) is 0 Å². The summed E-state index contributed by atoms with van der Waals surface area (Å²) in [6.07, 6.45) is 3.58. The van der Waals surface area contributed by atoms with Crippen LogP contribution in [0.1, 0.15) is 42.3 Å². The molecule has 0 bridgehead atoms. The number of carbonyl (C=O) groups is 1. The molecular weight excluding hydrogens is 434 g/mol. The first-order valence-corrected chi connectivity index (χ1v) is 12.2. The number of carbonyl (C=O) groups excluding carboxylic acids is 1. The zero-order chi connectivity index (χ0) is 23.2. The van der Waals surface area contributed by atoms with Gasteiger partial charge in [-0.15, -0.1) is 0 Å². The number of aryl methyl sites for hydroxylation is 2. The summed E-state index contributed by atoms with van der Waals surface area (Å²) >= 11 is 5.93. The smallest absolute Gasteiger partial charge is 0.226 e. The summed E-state index contributed by atoms with van der Waals surface area (Å²) < 4.78 is 5.95. The Balaban J connectivity index is 1.24. The number of hydrogen-bond acceptors (Lipinski definition) is 4. The van der Waals surface area contributed by atoms with Gasteiger partial charge < -0.3 is 9.73 Å². The molecule has 2 heterocycles. The highest BCUT2D eigenvalue weighted by Crippen LogP contribution is 2.25. The molecule has 1 fully saturated rings.